The number of nitrogens with zero attached hydrogens (tertiary/aromatic N) is 7. The van der Waals surface area contributed by atoms with Crippen LogP contribution in [0.25, 0.3) is 34.3 Å². The summed E-state index contributed by atoms with van der Waals surface area (Å²) in [5, 5.41) is 16.1. The third-order valence-electron chi connectivity index (χ3n) is 4.34. The molecule has 0 fully saturated rings. The molecule has 5 rings (SSSR count). The van der Waals surface area contributed by atoms with Crippen molar-refractivity contribution in [3.8, 4) is 34.3 Å². The van der Waals surface area contributed by atoms with Crippen molar-refractivity contribution >= 4 is 0 Å². The summed E-state index contributed by atoms with van der Waals surface area (Å²) in [6.45, 7) is 2.07. The Morgan fingerprint density at radius 2 is 1.50 bits per heavy atom. The summed E-state index contributed by atoms with van der Waals surface area (Å²) in [7, 11) is 1.98. The summed E-state index contributed by atoms with van der Waals surface area (Å²) in [6, 6.07) is 25.2. The molecule has 0 saturated carbocycles. The van der Waals surface area contributed by atoms with E-state index in [1.807, 2.05) is 66.3 Å². The molecular weight excluding hydrogens is 579 g/mol. The molecule has 0 bridgehead atoms. The fourth-order valence-electron chi connectivity index (χ4n) is 2.80. The second-order valence-electron chi connectivity index (χ2n) is 6.68. The summed E-state index contributed by atoms with van der Waals surface area (Å²) in [5.74, 6) is 1.83. The molecule has 0 aliphatic rings. The van der Waals surface area contributed by atoms with Crippen LogP contribution in [0.3, 0.4) is 0 Å². The van der Waals surface area contributed by atoms with Crippen LogP contribution < -0.4 is 0 Å². The van der Waals surface area contributed by atoms with Crippen LogP contribution in [0.2, 0.25) is 0 Å². The normalized spacial score (nSPS) is 9.94. The van der Waals surface area contributed by atoms with Crippen molar-refractivity contribution in [2.24, 2.45) is 7.05 Å². The number of pyridine rings is 1. The minimum atomic E-state index is 0. The van der Waals surface area contributed by atoms with Crippen molar-refractivity contribution < 1.29 is 20.1 Å². The number of imidazole rings is 1. The minimum absolute atomic E-state index is 0. The Morgan fingerprint density at radius 1 is 0.750 bits per heavy atom. The van der Waals surface area contributed by atoms with Gasteiger partial charge in [0.15, 0.2) is 0 Å². The molecule has 0 N–H and O–H groups in total. The quantitative estimate of drug-likeness (QED) is 0.293. The van der Waals surface area contributed by atoms with Crippen LogP contribution in [0, 0.1) is 19.1 Å². The first-order valence-electron chi connectivity index (χ1n) is 9.62. The second kappa shape index (κ2) is 11.1. The van der Waals surface area contributed by atoms with E-state index >= 15 is 0 Å². The Kier molecular flexibility index (Phi) is 8.02. The molecule has 8 heteroatoms. The number of benzene rings is 2. The summed E-state index contributed by atoms with van der Waals surface area (Å²) in [6.07, 6.45) is 5.41. The van der Waals surface area contributed by atoms with Crippen LogP contribution >= 0.6 is 0 Å². The van der Waals surface area contributed by atoms with Crippen LogP contribution in [0.4, 0.5) is 0 Å². The monoisotopic (exact) mass is 598 g/mol. The topological polar surface area (TPSA) is 82.3 Å². The number of hydrogen-bond acceptors (Lipinski definition) is 6. The van der Waals surface area contributed by atoms with Gasteiger partial charge in [-0.3, -0.25) is 9.97 Å². The van der Waals surface area contributed by atoms with Gasteiger partial charge < -0.3 is 4.57 Å². The largest absolute Gasteiger partial charge is 0.373 e. The third-order valence-corrected chi connectivity index (χ3v) is 4.34. The van der Waals surface area contributed by atoms with E-state index in [0.29, 0.717) is 17.3 Å². The maximum Gasteiger partial charge on any atom is 0.220 e. The van der Waals surface area contributed by atoms with Crippen LogP contribution in [0.5, 0.6) is 0 Å². The Morgan fingerprint density at radius 3 is 2.12 bits per heavy atom. The Balaban J connectivity index is 0.000000184. The molecule has 0 amide bonds. The standard InChI is InChI=1S/C13H8N5.C11H11N2.Ir/c1-2-6-10(7-3-1)12-15-17-13(18-16-12)11-8-4-5-9-14-11;1-9-4-3-5-10(8-9)11-12-6-7-13(11)2;/h1-6,8-9H;3-4,6-8H,1-2H3;/q2*-1;. The molecule has 0 saturated heterocycles. The number of aryl methyl sites for hydroxylation is 2. The average molecular weight is 598 g/mol. The molecular formula is C24H19IrN7-2. The molecule has 0 unspecified atom stereocenters. The van der Waals surface area contributed by atoms with E-state index in [0.717, 1.165) is 17.0 Å². The molecule has 0 atom stereocenters. The molecule has 0 spiro atoms. The van der Waals surface area contributed by atoms with Gasteiger partial charge in [0, 0.05) is 45.7 Å². The van der Waals surface area contributed by atoms with Crippen molar-refractivity contribution in [1.82, 2.24) is 34.9 Å². The first-order chi connectivity index (χ1) is 15.2. The van der Waals surface area contributed by atoms with Gasteiger partial charge in [-0.05, 0) is 12.1 Å². The fourth-order valence-corrected chi connectivity index (χ4v) is 2.80. The van der Waals surface area contributed by atoms with Crippen LogP contribution in [0.1, 0.15) is 5.56 Å². The summed E-state index contributed by atoms with van der Waals surface area (Å²) < 4.78 is 1.99. The summed E-state index contributed by atoms with van der Waals surface area (Å²) in [4.78, 5) is 8.40. The van der Waals surface area contributed by atoms with Gasteiger partial charge in [0.1, 0.15) is 11.5 Å². The van der Waals surface area contributed by atoms with Crippen molar-refractivity contribution in [2.75, 3.05) is 0 Å². The van der Waals surface area contributed by atoms with E-state index in [1.54, 1.807) is 18.5 Å². The second-order valence-corrected chi connectivity index (χ2v) is 6.68. The maximum absolute atomic E-state index is 4.26. The molecule has 2 aromatic carbocycles. The van der Waals surface area contributed by atoms with Crippen molar-refractivity contribution in [3.05, 3.63) is 97.0 Å². The van der Waals surface area contributed by atoms with Crippen LogP contribution in [-0.2, 0) is 27.2 Å². The van der Waals surface area contributed by atoms with Gasteiger partial charge in [-0.25, -0.2) is 0 Å². The van der Waals surface area contributed by atoms with Gasteiger partial charge >= 0.3 is 0 Å². The molecule has 3 heterocycles. The molecule has 1 radical (unpaired) electrons. The van der Waals surface area contributed by atoms with Crippen molar-refractivity contribution in [2.45, 2.75) is 6.92 Å². The Hall–Kier alpha value is -3.61. The van der Waals surface area contributed by atoms with Gasteiger partial charge in [-0.2, -0.15) is 10.2 Å². The van der Waals surface area contributed by atoms with Gasteiger partial charge in [0.25, 0.3) is 0 Å². The molecule has 3 aromatic heterocycles. The molecule has 32 heavy (non-hydrogen) atoms. The SMILES string of the molecule is Cc1cc[c-]c(-c2nccn2C)c1.[Ir].[c-]1ccccc1-c1nnc(-c2ccccn2)nn1. The maximum atomic E-state index is 4.26. The molecule has 0 aliphatic heterocycles. The predicted octanol–water partition coefficient (Wildman–Crippen LogP) is 3.99. The molecule has 5 aromatic rings. The average Bonchev–Trinajstić information content (AvgIpc) is 3.27. The molecule has 0 aliphatic carbocycles. The van der Waals surface area contributed by atoms with E-state index in [-0.39, 0.29) is 20.1 Å². The number of rotatable bonds is 3. The van der Waals surface area contributed by atoms with E-state index in [2.05, 4.69) is 55.5 Å². The Labute approximate surface area is 200 Å². The van der Waals surface area contributed by atoms with Gasteiger partial charge in [-0.1, -0.05) is 13.0 Å². The first kappa shape index (κ1) is 23.1. The fraction of sp³-hybridized carbons (Fsp3) is 0.0833. The van der Waals surface area contributed by atoms with E-state index in [4.69, 9.17) is 0 Å². The van der Waals surface area contributed by atoms with Crippen LogP contribution in [-0.4, -0.2) is 34.9 Å². The zero-order chi connectivity index (χ0) is 21.5. The first-order valence-corrected chi connectivity index (χ1v) is 9.62. The van der Waals surface area contributed by atoms with Gasteiger partial charge in [-0.15, -0.1) is 81.5 Å². The Bertz CT molecular complexity index is 1180. The number of aromatic nitrogens is 7. The minimum Gasteiger partial charge on any atom is -0.373 e. The molecule has 161 valence electrons. The summed E-state index contributed by atoms with van der Waals surface area (Å²) in [5.41, 5.74) is 3.70. The number of hydrogen-bond donors (Lipinski definition) is 0. The van der Waals surface area contributed by atoms with Crippen molar-refractivity contribution in [1.29, 1.82) is 0 Å². The summed E-state index contributed by atoms with van der Waals surface area (Å²) >= 11 is 0. The van der Waals surface area contributed by atoms with Gasteiger partial charge in [0.2, 0.25) is 5.82 Å². The zero-order valence-electron chi connectivity index (χ0n) is 17.5. The van der Waals surface area contributed by atoms with Gasteiger partial charge in [0.05, 0.1) is 5.82 Å². The van der Waals surface area contributed by atoms with E-state index in [9.17, 15) is 0 Å². The van der Waals surface area contributed by atoms with Crippen molar-refractivity contribution in [3.63, 3.8) is 0 Å². The van der Waals surface area contributed by atoms with E-state index < -0.39 is 0 Å². The molecule has 7 nitrogen and oxygen atoms in total. The predicted molar refractivity (Wildman–Crippen MR) is 117 cm³/mol. The smallest absolute Gasteiger partial charge is 0.220 e. The zero-order valence-corrected chi connectivity index (χ0v) is 19.9. The third kappa shape index (κ3) is 5.75. The van der Waals surface area contributed by atoms with Crippen LogP contribution in [0.15, 0.2) is 79.3 Å². The van der Waals surface area contributed by atoms with E-state index in [1.165, 1.54) is 5.56 Å².